The van der Waals surface area contributed by atoms with Crippen LogP contribution in [0.25, 0.3) is 0 Å². The zero-order valence-corrected chi connectivity index (χ0v) is 11.1. The van der Waals surface area contributed by atoms with E-state index >= 15 is 0 Å². The topological polar surface area (TPSA) is 105 Å². The molecule has 0 aromatic carbocycles. The number of esters is 1. The van der Waals surface area contributed by atoms with Crippen molar-refractivity contribution in [1.82, 2.24) is 10.6 Å². The second-order valence-electron chi connectivity index (χ2n) is 4.84. The fourth-order valence-corrected chi connectivity index (χ4v) is 2.17. The summed E-state index contributed by atoms with van der Waals surface area (Å²) in [6.45, 7) is 1.70. The molecule has 0 radical (unpaired) electrons. The van der Waals surface area contributed by atoms with E-state index in [1.54, 1.807) is 6.92 Å². The van der Waals surface area contributed by atoms with Crippen molar-refractivity contribution in [3.63, 3.8) is 0 Å². The van der Waals surface area contributed by atoms with Crippen LogP contribution in [0.2, 0.25) is 0 Å². The third-order valence-electron chi connectivity index (χ3n) is 3.20. The minimum atomic E-state index is -0.816. The lowest BCUT2D eigenvalue weighted by Gasteiger charge is -2.17. The van der Waals surface area contributed by atoms with Crippen LogP contribution in [0.3, 0.4) is 0 Å². The first kappa shape index (κ1) is 15.3. The largest absolute Gasteiger partial charge is 0.481 e. The molecule has 7 nitrogen and oxygen atoms in total. The van der Waals surface area contributed by atoms with Gasteiger partial charge < -0.3 is 20.5 Å². The second-order valence-corrected chi connectivity index (χ2v) is 4.84. The third kappa shape index (κ3) is 5.15. The molecule has 3 N–H and O–H groups in total. The van der Waals surface area contributed by atoms with Gasteiger partial charge in [0, 0.05) is 12.1 Å². The van der Waals surface area contributed by atoms with Crippen LogP contribution in [-0.2, 0) is 14.3 Å². The summed E-state index contributed by atoms with van der Waals surface area (Å²) < 4.78 is 4.50. The summed E-state index contributed by atoms with van der Waals surface area (Å²) in [5, 5.41) is 14.2. The van der Waals surface area contributed by atoms with Gasteiger partial charge in [-0.25, -0.2) is 4.79 Å². The van der Waals surface area contributed by atoms with Crippen LogP contribution in [0.1, 0.15) is 32.6 Å². The van der Waals surface area contributed by atoms with Crippen molar-refractivity contribution in [2.45, 2.75) is 44.7 Å². The molecule has 1 fully saturated rings. The molecule has 1 aliphatic carbocycles. The van der Waals surface area contributed by atoms with Crippen molar-refractivity contribution in [2.24, 2.45) is 5.92 Å². The molecule has 0 heterocycles. The normalized spacial score (nSPS) is 23.5. The standard InChI is InChI=1S/C12H20N2O5/c1-7(5-10(15)19-2)13-12(18)14-9-4-3-8(6-9)11(16)17/h7-9H,3-6H2,1-2H3,(H,16,17)(H2,13,14,18)/t7?,8-,9+/m1/s1. The molecule has 108 valence electrons. The van der Waals surface area contributed by atoms with Crippen LogP contribution < -0.4 is 10.6 Å². The van der Waals surface area contributed by atoms with Gasteiger partial charge in [0.25, 0.3) is 0 Å². The second kappa shape index (κ2) is 6.96. The molecule has 19 heavy (non-hydrogen) atoms. The van der Waals surface area contributed by atoms with Gasteiger partial charge in [-0.1, -0.05) is 0 Å². The van der Waals surface area contributed by atoms with E-state index in [0.29, 0.717) is 19.3 Å². The van der Waals surface area contributed by atoms with Gasteiger partial charge in [0.05, 0.1) is 19.4 Å². The third-order valence-corrected chi connectivity index (χ3v) is 3.20. The Labute approximate surface area is 111 Å². The SMILES string of the molecule is COC(=O)CC(C)NC(=O)N[C@H]1CC[C@@H](C(=O)O)C1. The van der Waals surface area contributed by atoms with Crippen LogP contribution in [0.4, 0.5) is 4.79 Å². The quantitative estimate of drug-likeness (QED) is 0.632. The number of carboxylic acid groups (broad SMARTS) is 1. The summed E-state index contributed by atoms with van der Waals surface area (Å²) in [6, 6.07) is -0.831. The average Bonchev–Trinajstić information content (AvgIpc) is 2.76. The molecule has 0 spiro atoms. The van der Waals surface area contributed by atoms with E-state index < -0.39 is 5.97 Å². The Hall–Kier alpha value is -1.79. The fraction of sp³-hybridized carbons (Fsp3) is 0.750. The van der Waals surface area contributed by atoms with Gasteiger partial charge in [-0.05, 0) is 26.2 Å². The average molecular weight is 272 g/mol. The van der Waals surface area contributed by atoms with Crippen molar-refractivity contribution in [3.05, 3.63) is 0 Å². The lowest BCUT2D eigenvalue weighted by molar-refractivity contribution is -0.142. The van der Waals surface area contributed by atoms with Crippen LogP contribution >= 0.6 is 0 Å². The maximum atomic E-state index is 11.6. The highest BCUT2D eigenvalue weighted by Crippen LogP contribution is 2.25. The van der Waals surface area contributed by atoms with Crippen LogP contribution in [0.5, 0.6) is 0 Å². The van der Waals surface area contributed by atoms with Gasteiger partial charge in [-0.3, -0.25) is 9.59 Å². The Morgan fingerprint density at radius 2 is 2.05 bits per heavy atom. The summed E-state index contributed by atoms with van der Waals surface area (Å²) >= 11 is 0. The van der Waals surface area contributed by atoms with Gasteiger partial charge in [-0.15, -0.1) is 0 Å². The number of hydrogen-bond donors (Lipinski definition) is 3. The van der Waals surface area contributed by atoms with Gasteiger partial charge in [0.1, 0.15) is 0 Å². The zero-order chi connectivity index (χ0) is 14.4. The maximum absolute atomic E-state index is 11.6. The van der Waals surface area contributed by atoms with Crippen molar-refractivity contribution < 1.29 is 24.2 Å². The first-order chi connectivity index (χ1) is 8.92. The van der Waals surface area contributed by atoms with Gasteiger partial charge >= 0.3 is 18.0 Å². The maximum Gasteiger partial charge on any atom is 0.315 e. The van der Waals surface area contributed by atoms with Gasteiger partial charge in [0.15, 0.2) is 0 Å². The number of hydrogen-bond acceptors (Lipinski definition) is 4. The smallest absolute Gasteiger partial charge is 0.315 e. The molecule has 1 saturated carbocycles. The molecule has 0 bridgehead atoms. The number of carboxylic acids is 1. The van der Waals surface area contributed by atoms with E-state index in [0.717, 1.165) is 0 Å². The van der Waals surface area contributed by atoms with E-state index in [1.807, 2.05) is 0 Å². The molecule has 2 amide bonds. The minimum absolute atomic E-state index is 0.104. The van der Waals surface area contributed by atoms with Crippen LogP contribution in [-0.4, -0.2) is 42.3 Å². The Bertz CT molecular complexity index is 358. The number of urea groups is 1. The highest BCUT2D eigenvalue weighted by Gasteiger charge is 2.30. The number of ether oxygens (including phenoxy) is 1. The van der Waals surface area contributed by atoms with Crippen molar-refractivity contribution >= 4 is 18.0 Å². The molecule has 1 rings (SSSR count). The zero-order valence-electron chi connectivity index (χ0n) is 11.1. The Kier molecular flexibility index (Phi) is 5.59. The molecule has 7 heteroatoms. The van der Waals surface area contributed by atoms with Crippen LogP contribution in [0, 0.1) is 5.92 Å². The summed E-state index contributed by atoms with van der Waals surface area (Å²) in [5.74, 6) is -1.58. The summed E-state index contributed by atoms with van der Waals surface area (Å²) in [4.78, 5) is 33.4. The summed E-state index contributed by atoms with van der Waals surface area (Å²) in [5.41, 5.74) is 0. The van der Waals surface area contributed by atoms with Crippen LogP contribution in [0.15, 0.2) is 0 Å². The van der Waals surface area contributed by atoms with E-state index in [1.165, 1.54) is 7.11 Å². The molecule has 0 saturated heterocycles. The Morgan fingerprint density at radius 1 is 1.37 bits per heavy atom. The lowest BCUT2D eigenvalue weighted by Crippen LogP contribution is -2.45. The van der Waals surface area contributed by atoms with Gasteiger partial charge in [0.2, 0.25) is 0 Å². The minimum Gasteiger partial charge on any atom is -0.481 e. The number of carbonyl (C=O) groups is 3. The van der Waals surface area contributed by atoms with Crippen molar-refractivity contribution in [2.75, 3.05) is 7.11 Å². The number of amides is 2. The summed E-state index contributed by atoms with van der Waals surface area (Å²) in [6.07, 6.45) is 1.80. The van der Waals surface area contributed by atoms with E-state index in [9.17, 15) is 14.4 Å². The Balaban J connectivity index is 2.28. The number of aliphatic carboxylic acids is 1. The van der Waals surface area contributed by atoms with Crippen molar-refractivity contribution in [1.29, 1.82) is 0 Å². The predicted molar refractivity (Wildman–Crippen MR) is 66.5 cm³/mol. The molecule has 0 aromatic rings. The molecule has 3 atom stereocenters. The molecule has 1 aliphatic rings. The summed E-state index contributed by atoms with van der Waals surface area (Å²) in [7, 11) is 1.29. The van der Waals surface area contributed by atoms with E-state index in [4.69, 9.17) is 5.11 Å². The van der Waals surface area contributed by atoms with Gasteiger partial charge in [-0.2, -0.15) is 0 Å². The molecular formula is C12H20N2O5. The van der Waals surface area contributed by atoms with E-state index in [-0.39, 0.29) is 36.4 Å². The van der Waals surface area contributed by atoms with Crippen molar-refractivity contribution in [3.8, 4) is 0 Å². The van der Waals surface area contributed by atoms with E-state index in [2.05, 4.69) is 15.4 Å². The highest BCUT2D eigenvalue weighted by atomic mass is 16.5. The molecule has 1 unspecified atom stereocenters. The predicted octanol–water partition coefficient (Wildman–Crippen LogP) is 0.491. The monoisotopic (exact) mass is 272 g/mol. The fourth-order valence-electron chi connectivity index (χ4n) is 2.17. The first-order valence-corrected chi connectivity index (χ1v) is 6.29. The highest BCUT2D eigenvalue weighted by molar-refractivity contribution is 5.76. The number of nitrogens with one attached hydrogen (secondary N) is 2. The Morgan fingerprint density at radius 3 is 2.58 bits per heavy atom. The number of carbonyl (C=O) groups excluding carboxylic acids is 2. The number of methoxy groups -OCH3 is 1. The molecule has 0 aliphatic heterocycles. The first-order valence-electron chi connectivity index (χ1n) is 6.29. The molecule has 0 aromatic heterocycles. The lowest BCUT2D eigenvalue weighted by atomic mass is 10.1. The number of rotatable bonds is 5. The molecular weight excluding hydrogens is 252 g/mol.